The van der Waals surface area contributed by atoms with E-state index in [1.165, 1.54) is 24.8 Å². The van der Waals surface area contributed by atoms with Crippen molar-refractivity contribution < 1.29 is 14.3 Å². The van der Waals surface area contributed by atoms with Gasteiger partial charge in [0.1, 0.15) is 0 Å². The average molecular weight is 370 g/mol. The van der Waals surface area contributed by atoms with Crippen LogP contribution < -0.4 is 20.3 Å². The Morgan fingerprint density at radius 2 is 1.81 bits per heavy atom. The van der Waals surface area contributed by atoms with E-state index in [0.717, 1.165) is 31.2 Å². The van der Waals surface area contributed by atoms with E-state index in [-0.39, 0.29) is 16.9 Å². The van der Waals surface area contributed by atoms with Gasteiger partial charge in [0.25, 0.3) is 5.91 Å². The number of amides is 1. The molecule has 0 saturated heterocycles. The Labute approximate surface area is 158 Å². The van der Waals surface area contributed by atoms with Crippen LogP contribution in [0, 0.1) is 0 Å². The highest BCUT2D eigenvalue weighted by Crippen LogP contribution is 2.42. The van der Waals surface area contributed by atoms with Gasteiger partial charge in [0.2, 0.25) is 5.56 Å². The summed E-state index contributed by atoms with van der Waals surface area (Å²) in [7, 11) is 3.26. The van der Waals surface area contributed by atoms with Crippen molar-refractivity contribution in [3.63, 3.8) is 0 Å². The maximum atomic E-state index is 12.5. The lowest BCUT2D eigenvalue weighted by molar-refractivity contribution is 0.0936. The SMILES string of the molecule is COc1ccc(C2(CNC(=O)c3ccc(=O)[nH]c3)CCCCC2)cc1OC. The van der Waals surface area contributed by atoms with E-state index in [4.69, 9.17) is 9.47 Å². The molecule has 1 fully saturated rings. The Kier molecular flexibility index (Phi) is 5.84. The van der Waals surface area contributed by atoms with Crippen LogP contribution in [-0.2, 0) is 5.41 Å². The maximum Gasteiger partial charge on any atom is 0.252 e. The predicted molar refractivity (Wildman–Crippen MR) is 104 cm³/mol. The Bertz CT molecular complexity index is 833. The highest BCUT2D eigenvalue weighted by Gasteiger charge is 2.35. The summed E-state index contributed by atoms with van der Waals surface area (Å²) in [6.45, 7) is 0.542. The Hall–Kier alpha value is -2.76. The van der Waals surface area contributed by atoms with Gasteiger partial charge in [-0.05, 0) is 36.6 Å². The van der Waals surface area contributed by atoms with Gasteiger partial charge in [-0.25, -0.2) is 0 Å². The lowest BCUT2D eigenvalue weighted by Crippen LogP contribution is -2.42. The van der Waals surface area contributed by atoms with Gasteiger partial charge in [-0.15, -0.1) is 0 Å². The first kappa shape index (κ1) is 19.0. The fraction of sp³-hybridized carbons (Fsp3) is 0.429. The van der Waals surface area contributed by atoms with Crippen LogP contribution in [0.3, 0.4) is 0 Å². The summed E-state index contributed by atoms with van der Waals surface area (Å²) in [4.78, 5) is 26.2. The first-order valence-electron chi connectivity index (χ1n) is 9.27. The van der Waals surface area contributed by atoms with Crippen LogP contribution in [0.4, 0.5) is 0 Å². The van der Waals surface area contributed by atoms with E-state index in [0.29, 0.717) is 23.6 Å². The molecule has 0 radical (unpaired) electrons. The van der Waals surface area contributed by atoms with Crippen molar-refractivity contribution >= 4 is 5.91 Å². The summed E-state index contributed by atoms with van der Waals surface area (Å²) in [5, 5.41) is 3.06. The third-order valence-electron chi connectivity index (χ3n) is 5.44. The number of carbonyl (C=O) groups is 1. The summed E-state index contributed by atoms with van der Waals surface area (Å²) in [6.07, 6.45) is 6.93. The summed E-state index contributed by atoms with van der Waals surface area (Å²) >= 11 is 0. The zero-order valence-electron chi connectivity index (χ0n) is 15.8. The third kappa shape index (κ3) is 4.15. The standard InChI is InChI=1S/C21H26N2O4/c1-26-17-8-7-16(12-18(17)27-2)21(10-4-3-5-11-21)14-23-20(25)15-6-9-19(24)22-13-15/h6-9,12-13H,3-5,10-11,14H2,1-2H3,(H,22,24)(H,23,25). The number of benzene rings is 1. The summed E-state index contributed by atoms with van der Waals surface area (Å²) in [5.41, 5.74) is 1.26. The molecule has 1 heterocycles. The number of aromatic nitrogens is 1. The first-order chi connectivity index (χ1) is 13.1. The second kappa shape index (κ2) is 8.29. The lowest BCUT2D eigenvalue weighted by Gasteiger charge is -2.38. The second-order valence-electron chi connectivity index (χ2n) is 7.04. The number of rotatable bonds is 6. The van der Waals surface area contributed by atoms with Gasteiger partial charge >= 0.3 is 0 Å². The number of carbonyl (C=O) groups excluding carboxylic acids is 1. The topological polar surface area (TPSA) is 80.4 Å². The molecule has 27 heavy (non-hydrogen) atoms. The van der Waals surface area contributed by atoms with Crippen LogP contribution >= 0.6 is 0 Å². The molecule has 144 valence electrons. The fourth-order valence-electron chi connectivity index (χ4n) is 3.87. The normalized spacial score (nSPS) is 15.8. The summed E-state index contributed by atoms with van der Waals surface area (Å²) in [5.74, 6) is 1.22. The molecule has 2 aromatic rings. The van der Waals surface area contributed by atoms with Gasteiger partial charge in [0, 0.05) is 24.2 Å². The molecule has 0 unspecified atom stereocenters. The van der Waals surface area contributed by atoms with Crippen molar-refractivity contribution in [2.75, 3.05) is 20.8 Å². The fourth-order valence-corrected chi connectivity index (χ4v) is 3.87. The number of hydrogen-bond acceptors (Lipinski definition) is 4. The monoisotopic (exact) mass is 370 g/mol. The van der Waals surface area contributed by atoms with E-state index in [2.05, 4.69) is 16.4 Å². The molecular weight excluding hydrogens is 344 g/mol. The molecule has 1 amide bonds. The van der Waals surface area contributed by atoms with Crippen molar-refractivity contribution in [1.29, 1.82) is 0 Å². The summed E-state index contributed by atoms with van der Waals surface area (Å²) < 4.78 is 10.8. The molecule has 3 rings (SSSR count). The van der Waals surface area contributed by atoms with Gasteiger partial charge in [-0.3, -0.25) is 9.59 Å². The zero-order chi connectivity index (χ0) is 19.3. The number of hydrogen-bond donors (Lipinski definition) is 2. The molecule has 0 bridgehead atoms. The number of aromatic amines is 1. The van der Waals surface area contributed by atoms with Crippen molar-refractivity contribution in [1.82, 2.24) is 10.3 Å². The molecule has 1 aromatic carbocycles. The van der Waals surface area contributed by atoms with Crippen molar-refractivity contribution in [3.05, 3.63) is 58.0 Å². The van der Waals surface area contributed by atoms with E-state index in [9.17, 15) is 9.59 Å². The number of nitrogens with one attached hydrogen (secondary N) is 2. The molecule has 0 spiro atoms. The number of ether oxygens (including phenoxy) is 2. The van der Waals surface area contributed by atoms with E-state index in [1.807, 2.05) is 12.1 Å². The Morgan fingerprint density at radius 1 is 1.07 bits per heavy atom. The van der Waals surface area contributed by atoms with Gasteiger partial charge in [0.15, 0.2) is 11.5 Å². The molecular formula is C21H26N2O4. The third-order valence-corrected chi connectivity index (χ3v) is 5.44. The summed E-state index contributed by atoms with van der Waals surface area (Å²) in [6, 6.07) is 8.92. The molecule has 1 saturated carbocycles. The number of pyridine rings is 1. The minimum absolute atomic E-state index is 0.129. The molecule has 1 aliphatic carbocycles. The Morgan fingerprint density at radius 3 is 2.44 bits per heavy atom. The first-order valence-corrected chi connectivity index (χ1v) is 9.27. The van der Waals surface area contributed by atoms with Crippen LogP contribution in [0.1, 0.15) is 48.0 Å². The second-order valence-corrected chi connectivity index (χ2v) is 7.04. The highest BCUT2D eigenvalue weighted by atomic mass is 16.5. The largest absolute Gasteiger partial charge is 0.493 e. The molecule has 6 heteroatoms. The van der Waals surface area contributed by atoms with Gasteiger partial charge < -0.3 is 19.8 Å². The van der Waals surface area contributed by atoms with Crippen molar-refractivity contribution in [3.8, 4) is 11.5 Å². The number of methoxy groups -OCH3 is 2. The Balaban J connectivity index is 1.83. The van der Waals surface area contributed by atoms with Crippen LogP contribution in [0.25, 0.3) is 0 Å². The minimum Gasteiger partial charge on any atom is -0.493 e. The van der Waals surface area contributed by atoms with Crippen LogP contribution in [0.15, 0.2) is 41.3 Å². The van der Waals surface area contributed by atoms with Gasteiger partial charge in [-0.2, -0.15) is 0 Å². The zero-order valence-corrected chi connectivity index (χ0v) is 15.8. The van der Waals surface area contributed by atoms with Gasteiger partial charge in [0.05, 0.1) is 19.8 Å². The lowest BCUT2D eigenvalue weighted by atomic mass is 9.69. The molecule has 0 aliphatic heterocycles. The van der Waals surface area contributed by atoms with Gasteiger partial charge in [-0.1, -0.05) is 25.3 Å². The average Bonchev–Trinajstić information content (AvgIpc) is 2.72. The van der Waals surface area contributed by atoms with Crippen LogP contribution in [0.5, 0.6) is 11.5 Å². The van der Waals surface area contributed by atoms with E-state index < -0.39 is 0 Å². The van der Waals surface area contributed by atoms with E-state index >= 15 is 0 Å². The van der Waals surface area contributed by atoms with Crippen molar-refractivity contribution in [2.45, 2.75) is 37.5 Å². The van der Waals surface area contributed by atoms with Crippen LogP contribution in [0.2, 0.25) is 0 Å². The van der Waals surface area contributed by atoms with Crippen molar-refractivity contribution in [2.24, 2.45) is 0 Å². The number of H-pyrrole nitrogens is 1. The molecule has 0 atom stereocenters. The maximum absolute atomic E-state index is 12.5. The quantitative estimate of drug-likeness (QED) is 0.819. The minimum atomic E-state index is -0.222. The predicted octanol–water partition coefficient (Wildman–Crippen LogP) is 3.02. The highest BCUT2D eigenvalue weighted by molar-refractivity contribution is 5.93. The smallest absolute Gasteiger partial charge is 0.252 e. The van der Waals surface area contributed by atoms with Crippen LogP contribution in [-0.4, -0.2) is 31.7 Å². The molecule has 6 nitrogen and oxygen atoms in total. The van der Waals surface area contributed by atoms with E-state index in [1.54, 1.807) is 14.2 Å². The molecule has 1 aromatic heterocycles. The molecule has 1 aliphatic rings. The molecule has 2 N–H and O–H groups in total.